The minimum atomic E-state index is -0.841. The molecular formula is C24H20ClF2N5O4. The van der Waals surface area contributed by atoms with Gasteiger partial charge in [0.2, 0.25) is 0 Å². The van der Waals surface area contributed by atoms with Crippen LogP contribution in [-0.4, -0.2) is 48.6 Å². The number of hydrogen-bond acceptors (Lipinski definition) is 8. The number of cyclic esters (lactones) is 1. The number of carbonyl (C=O) groups is 1. The number of aromatic nitrogens is 2. The molecule has 0 radical (unpaired) electrons. The number of piperidine rings is 1. The summed E-state index contributed by atoms with van der Waals surface area (Å²) in [5, 5.41) is 16.6. The summed E-state index contributed by atoms with van der Waals surface area (Å²) in [5.41, 5.74) is 0.0138. The topological polar surface area (TPSA) is 114 Å². The molecule has 2 saturated heterocycles. The smallest absolute Gasteiger partial charge is 0.414 e. The van der Waals surface area contributed by atoms with Crippen molar-refractivity contribution in [1.29, 1.82) is 5.26 Å². The summed E-state index contributed by atoms with van der Waals surface area (Å²) < 4.78 is 45.4. The molecule has 0 spiro atoms. The molecule has 12 heteroatoms. The van der Waals surface area contributed by atoms with Crippen LogP contribution in [-0.2, 0) is 10.2 Å². The molecule has 0 bridgehead atoms. The molecule has 1 aliphatic carbocycles. The predicted molar refractivity (Wildman–Crippen MR) is 124 cm³/mol. The third kappa shape index (κ3) is 3.73. The van der Waals surface area contributed by atoms with Crippen molar-refractivity contribution >= 4 is 24.2 Å². The van der Waals surface area contributed by atoms with E-state index in [4.69, 9.17) is 9.47 Å². The van der Waals surface area contributed by atoms with Gasteiger partial charge in [-0.2, -0.15) is 5.26 Å². The quantitative estimate of drug-likeness (QED) is 0.531. The Morgan fingerprint density at radius 2 is 1.97 bits per heavy atom. The molecule has 2 aromatic heterocycles. The Morgan fingerprint density at radius 1 is 1.22 bits per heavy atom. The molecule has 2 unspecified atom stereocenters. The molecule has 1 amide bonds. The number of hydrogen-bond donors (Lipinski definition) is 1. The van der Waals surface area contributed by atoms with E-state index < -0.39 is 29.2 Å². The average Bonchev–Trinajstić information content (AvgIpc) is 3.38. The van der Waals surface area contributed by atoms with E-state index in [-0.39, 0.29) is 60.1 Å². The first-order chi connectivity index (χ1) is 17.0. The summed E-state index contributed by atoms with van der Waals surface area (Å²) in [6.07, 6.45) is 1.35. The lowest BCUT2D eigenvalue weighted by atomic mass is 9.95. The second-order valence-corrected chi connectivity index (χ2v) is 8.83. The molecule has 36 heavy (non-hydrogen) atoms. The molecule has 3 atom stereocenters. The van der Waals surface area contributed by atoms with Crippen LogP contribution in [0.15, 0.2) is 47.3 Å². The normalized spacial score (nSPS) is 26.1. The summed E-state index contributed by atoms with van der Waals surface area (Å²) >= 11 is 0. The van der Waals surface area contributed by atoms with Gasteiger partial charge in [-0.25, -0.2) is 13.6 Å². The van der Waals surface area contributed by atoms with E-state index in [1.54, 1.807) is 12.1 Å². The van der Waals surface area contributed by atoms with Gasteiger partial charge in [-0.3, -0.25) is 9.88 Å². The van der Waals surface area contributed by atoms with Crippen LogP contribution in [0.5, 0.6) is 5.88 Å². The lowest BCUT2D eigenvalue weighted by Crippen LogP contribution is -2.27. The Morgan fingerprint density at radius 3 is 2.58 bits per heavy atom. The van der Waals surface area contributed by atoms with Crippen molar-refractivity contribution < 1.29 is 27.6 Å². The summed E-state index contributed by atoms with van der Waals surface area (Å²) in [6.45, 7) is 1.59. The number of rotatable bonds is 6. The molecule has 2 aliphatic heterocycles. The molecule has 1 N–H and O–H groups in total. The Kier molecular flexibility index (Phi) is 6.02. The number of pyridine rings is 1. The molecule has 6 rings (SSSR count). The first kappa shape index (κ1) is 24.0. The first-order valence-corrected chi connectivity index (χ1v) is 11.1. The van der Waals surface area contributed by atoms with E-state index in [0.29, 0.717) is 5.69 Å². The molecule has 3 fully saturated rings. The van der Waals surface area contributed by atoms with E-state index in [9.17, 15) is 10.1 Å². The highest BCUT2D eigenvalue weighted by Gasteiger charge is 2.69. The minimum absolute atomic E-state index is 0. The number of benzene rings is 1. The van der Waals surface area contributed by atoms with Crippen LogP contribution in [0.2, 0.25) is 0 Å². The second-order valence-electron chi connectivity index (χ2n) is 8.83. The predicted octanol–water partition coefficient (Wildman–Crippen LogP) is 3.45. The number of carbonyl (C=O) groups excluding carboxylic acids is 1. The van der Waals surface area contributed by atoms with Crippen LogP contribution in [0.3, 0.4) is 0 Å². The molecule has 9 nitrogen and oxygen atoms in total. The van der Waals surface area contributed by atoms with Gasteiger partial charge in [0.25, 0.3) is 5.88 Å². The molecule has 1 aromatic carbocycles. The summed E-state index contributed by atoms with van der Waals surface area (Å²) in [6, 6.07) is 9.32. The van der Waals surface area contributed by atoms with Gasteiger partial charge in [-0.05, 0) is 23.4 Å². The maximum Gasteiger partial charge on any atom is 0.414 e. The molecular weight excluding hydrogens is 496 g/mol. The number of nitriles is 1. The van der Waals surface area contributed by atoms with Crippen molar-refractivity contribution in [2.45, 2.75) is 11.5 Å². The van der Waals surface area contributed by atoms with Gasteiger partial charge in [0, 0.05) is 42.8 Å². The van der Waals surface area contributed by atoms with Crippen LogP contribution < -0.4 is 15.0 Å². The fourth-order valence-corrected chi connectivity index (χ4v) is 5.19. The molecule has 186 valence electrons. The fourth-order valence-electron chi connectivity index (χ4n) is 5.19. The summed E-state index contributed by atoms with van der Waals surface area (Å²) in [7, 11) is 0. The molecule has 4 heterocycles. The fraction of sp³-hybridized carbons (Fsp3) is 0.333. The maximum atomic E-state index is 15.1. The van der Waals surface area contributed by atoms with E-state index in [0.717, 1.165) is 30.1 Å². The number of ether oxygens (including phenoxy) is 2. The summed E-state index contributed by atoms with van der Waals surface area (Å²) in [5.74, 6) is -1.02. The van der Waals surface area contributed by atoms with Crippen molar-refractivity contribution in [1.82, 2.24) is 15.5 Å². The standard InChI is InChI=1S/C24H19F2N5O4.ClH/c25-18-5-14(31-10-15(35-23(31)32)11-33-21-3-4-34-30-21)6-19(26)22(18)13-1-2-20(29-7-13)24(12-27)16-8-28-9-17(16)24;/h1-7,15-17,28H,8-11H2;1H/t15-,16?,17?,24?;/m1./s1. The number of fused-ring (bicyclic) bond motifs is 1. The zero-order valence-electron chi connectivity index (χ0n) is 18.7. The van der Waals surface area contributed by atoms with E-state index in [1.807, 2.05) is 0 Å². The zero-order valence-corrected chi connectivity index (χ0v) is 19.5. The van der Waals surface area contributed by atoms with Gasteiger partial charge in [-0.1, -0.05) is 6.07 Å². The maximum absolute atomic E-state index is 15.1. The van der Waals surface area contributed by atoms with Crippen molar-refractivity contribution in [2.24, 2.45) is 11.8 Å². The summed E-state index contributed by atoms with van der Waals surface area (Å²) in [4.78, 5) is 17.8. The first-order valence-electron chi connectivity index (χ1n) is 11.1. The van der Waals surface area contributed by atoms with Crippen molar-refractivity contribution in [3.8, 4) is 23.1 Å². The Hall–Kier alpha value is -3.75. The third-order valence-electron chi connectivity index (χ3n) is 6.98. The monoisotopic (exact) mass is 515 g/mol. The second kappa shape index (κ2) is 9.04. The largest absolute Gasteiger partial charge is 0.471 e. The van der Waals surface area contributed by atoms with Crippen LogP contribution in [0.1, 0.15) is 5.69 Å². The van der Waals surface area contributed by atoms with Crippen LogP contribution in [0.4, 0.5) is 19.3 Å². The number of halogens is 3. The minimum Gasteiger partial charge on any atom is -0.471 e. The van der Waals surface area contributed by atoms with Gasteiger partial charge in [0.15, 0.2) is 6.10 Å². The van der Waals surface area contributed by atoms with Crippen LogP contribution in [0, 0.1) is 34.8 Å². The molecule has 3 aliphatic rings. The highest BCUT2D eigenvalue weighted by Crippen LogP contribution is 2.60. The SMILES string of the molecule is Cl.N#CC1(c2ccc(-c3c(F)cc(N4C[C@H](COc5ccon5)OC4=O)cc3F)cn2)C2CNCC21. The van der Waals surface area contributed by atoms with Gasteiger partial charge in [0.05, 0.1) is 29.6 Å². The van der Waals surface area contributed by atoms with Crippen molar-refractivity contribution in [3.63, 3.8) is 0 Å². The van der Waals surface area contributed by atoms with Gasteiger partial charge in [0.1, 0.15) is 29.9 Å². The highest BCUT2D eigenvalue weighted by molar-refractivity contribution is 5.90. The zero-order chi connectivity index (χ0) is 24.2. The Bertz CT molecular complexity index is 1300. The third-order valence-corrected chi connectivity index (χ3v) is 6.98. The van der Waals surface area contributed by atoms with Crippen molar-refractivity contribution in [2.75, 3.05) is 31.1 Å². The van der Waals surface area contributed by atoms with Crippen LogP contribution in [0.25, 0.3) is 11.1 Å². The number of anilines is 1. The number of nitrogens with one attached hydrogen (secondary N) is 1. The van der Waals surface area contributed by atoms with E-state index >= 15 is 8.78 Å². The lowest BCUT2D eigenvalue weighted by molar-refractivity contribution is 0.102. The lowest BCUT2D eigenvalue weighted by Gasteiger charge is -2.16. The van der Waals surface area contributed by atoms with Gasteiger partial charge in [-0.15, -0.1) is 12.4 Å². The molecule has 1 saturated carbocycles. The van der Waals surface area contributed by atoms with Crippen LogP contribution >= 0.6 is 12.4 Å². The Labute approximate surface area is 210 Å². The van der Waals surface area contributed by atoms with E-state index in [1.165, 1.54) is 18.5 Å². The number of amides is 1. The van der Waals surface area contributed by atoms with Gasteiger partial charge >= 0.3 is 6.09 Å². The van der Waals surface area contributed by atoms with E-state index in [2.05, 4.69) is 26.0 Å². The van der Waals surface area contributed by atoms with Gasteiger partial charge < -0.3 is 19.3 Å². The average molecular weight is 516 g/mol. The van der Waals surface area contributed by atoms with Crippen molar-refractivity contribution in [3.05, 3.63) is 60.1 Å². The Balaban J connectivity index is 0.00000267. The number of nitrogens with zero attached hydrogens (tertiary/aromatic N) is 4. The molecule has 3 aromatic rings. The highest BCUT2D eigenvalue weighted by atomic mass is 35.5.